The van der Waals surface area contributed by atoms with Gasteiger partial charge in [0.2, 0.25) is 5.51 Å². The Labute approximate surface area is 149 Å². The van der Waals surface area contributed by atoms with Crippen LogP contribution in [0, 0.1) is 6.92 Å². The zero-order valence-electron chi connectivity index (χ0n) is 12.1. The van der Waals surface area contributed by atoms with Crippen LogP contribution in [-0.2, 0) is 19.4 Å². The molecule has 0 saturated heterocycles. The highest BCUT2D eigenvalue weighted by Crippen LogP contribution is 2.13. The highest BCUT2D eigenvalue weighted by Gasteiger charge is 2.17. The maximum absolute atomic E-state index is 9.00. The van der Waals surface area contributed by atoms with Crippen LogP contribution in [0.15, 0.2) is 11.7 Å². The molecule has 0 aliphatic heterocycles. The second kappa shape index (κ2) is 9.45. The molecule has 0 bridgehead atoms. The minimum atomic E-state index is 0. The summed E-state index contributed by atoms with van der Waals surface area (Å²) in [6.45, 7) is 4.91. The smallest absolute Gasteiger partial charge is 0.225 e. The molecule has 0 aliphatic rings. The van der Waals surface area contributed by atoms with Gasteiger partial charge < -0.3 is 10.8 Å². The first-order valence-electron chi connectivity index (χ1n) is 6.33. The van der Waals surface area contributed by atoms with Crippen molar-refractivity contribution in [1.82, 2.24) is 9.97 Å². The summed E-state index contributed by atoms with van der Waals surface area (Å²) in [7, 11) is 0. The third-order valence-electron chi connectivity index (χ3n) is 3.10. The minimum absolute atomic E-state index is 0. The van der Waals surface area contributed by atoms with Gasteiger partial charge in [0.15, 0.2) is 12.2 Å². The van der Waals surface area contributed by atoms with E-state index >= 15 is 0 Å². The molecular weight excluding hydrogens is 420 g/mol. The van der Waals surface area contributed by atoms with Gasteiger partial charge in [-0.1, -0.05) is 18.3 Å². The largest absolute Gasteiger partial charge is 0.396 e. The van der Waals surface area contributed by atoms with E-state index in [0.717, 1.165) is 23.5 Å². The zero-order chi connectivity index (χ0) is 13.8. The third-order valence-corrected chi connectivity index (χ3v) is 4.24. The Kier molecular flexibility index (Phi) is 9.19. The Balaban J connectivity index is 0.00000200. The maximum Gasteiger partial charge on any atom is 0.225 e. The molecule has 0 fully saturated rings. The monoisotopic (exact) mass is 439 g/mol. The molecule has 0 aliphatic carbocycles. The lowest BCUT2D eigenvalue weighted by Gasteiger charge is -2.03. The number of anilines is 1. The van der Waals surface area contributed by atoms with E-state index in [-0.39, 0.29) is 40.6 Å². The van der Waals surface area contributed by atoms with Crippen molar-refractivity contribution in [2.45, 2.75) is 33.2 Å². The van der Waals surface area contributed by atoms with Crippen LogP contribution < -0.4 is 10.3 Å². The summed E-state index contributed by atoms with van der Waals surface area (Å²) in [6, 6.07) is 0. The van der Waals surface area contributed by atoms with Crippen molar-refractivity contribution in [3.05, 3.63) is 33.7 Å². The molecule has 0 aromatic carbocycles. The first kappa shape index (κ1) is 20.4. The van der Waals surface area contributed by atoms with Gasteiger partial charge in [-0.3, -0.25) is 0 Å². The van der Waals surface area contributed by atoms with Gasteiger partial charge in [-0.15, -0.1) is 34.0 Å². The minimum Gasteiger partial charge on any atom is -0.396 e. The first-order chi connectivity index (χ1) is 9.15. The van der Waals surface area contributed by atoms with E-state index in [2.05, 4.69) is 21.5 Å². The van der Waals surface area contributed by atoms with Gasteiger partial charge in [0.25, 0.3) is 0 Å². The van der Waals surface area contributed by atoms with E-state index in [4.69, 9.17) is 10.8 Å². The molecule has 2 heterocycles. The molecule has 8 heteroatoms. The van der Waals surface area contributed by atoms with E-state index in [1.807, 2.05) is 12.4 Å². The normalized spacial score (nSPS) is 9.86. The Morgan fingerprint density at radius 2 is 2.10 bits per heavy atom. The fourth-order valence-electron chi connectivity index (χ4n) is 1.88. The summed E-state index contributed by atoms with van der Waals surface area (Å²) in [5, 5.41) is 9.00. The summed E-state index contributed by atoms with van der Waals surface area (Å²) in [6.07, 6.45) is 3.29. The topological polar surface area (TPSA) is 75.9 Å². The lowest BCUT2D eigenvalue weighted by atomic mass is 10.2. The number of aliphatic hydroxyl groups excluding tert-OH is 1. The molecule has 0 saturated carbocycles. The van der Waals surface area contributed by atoms with Crippen molar-refractivity contribution in [3.8, 4) is 0 Å². The van der Waals surface area contributed by atoms with Crippen molar-refractivity contribution in [2.75, 3.05) is 12.3 Å². The Bertz CT molecular complexity index is 577. The number of aliphatic hydroxyl groups is 1. The molecule has 0 amide bonds. The number of hydrogen-bond donors (Lipinski definition) is 2. The van der Waals surface area contributed by atoms with Crippen LogP contribution in [0.5, 0.6) is 0 Å². The van der Waals surface area contributed by atoms with Crippen molar-refractivity contribution in [2.24, 2.45) is 0 Å². The van der Waals surface area contributed by atoms with Gasteiger partial charge in [0.1, 0.15) is 11.6 Å². The van der Waals surface area contributed by atoms with Crippen LogP contribution in [0.25, 0.3) is 0 Å². The van der Waals surface area contributed by atoms with Gasteiger partial charge in [-0.2, -0.15) is 4.57 Å². The van der Waals surface area contributed by atoms with Gasteiger partial charge in [0.05, 0.1) is 10.4 Å². The van der Waals surface area contributed by atoms with Gasteiger partial charge >= 0.3 is 0 Å². The number of thiazole rings is 1. The zero-order valence-corrected chi connectivity index (χ0v) is 16.3. The van der Waals surface area contributed by atoms with E-state index < -0.39 is 0 Å². The average molecular weight is 441 g/mol. The molecule has 0 unspecified atom stereocenters. The van der Waals surface area contributed by atoms with Crippen molar-refractivity contribution in [1.29, 1.82) is 0 Å². The Morgan fingerprint density at radius 3 is 2.67 bits per heavy atom. The molecule has 3 N–H and O–H groups in total. The molecule has 21 heavy (non-hydrogen) atoms. The lowest BCUT2D eigenvalue weighted by molar-refractivity contribution is -0.689. The molecule has 2 rings (SSSR count). The standard InChI is InChI=1S/C13H19N4OS.2BrH/c1-3-12-15-6-10(13(14)16-12)7-17-8-19-11(4-5-18)9(17)2;;/h6,8,18H,3-5,7H2,1-2H3,(H2,14,15,16);2*1H/q+1;;. The van der Waals surface area contributed by atoms with Crippen LogP contribution in [0.4, 0.5) is 5.82 Å². The van der Waals surface area contributed by atoms with Crippen LogP contribution in [0.3, 0.4) is 0 Å². The molecule has 0 atom stereocenters. The van der Waals surface area contributed by atoms with Crippen LogP contribution in [0.2, 0.25) is 0 Å². The summed E-state index contributed by atoms with van der Waals surface area (Å²) in [5.74, 6) is 1.32. The van der Waals surface area contributed by atoms with E-state index in [9.17, 15) is 0 Å². The molecule has 2 aromatic rings. The first-order valence-corrected chi connectivity index (χ1v) is 7.21. The summed E-state index contributed by atoms with van der Waals surface area (Å²) < 4.78 is 2.12. The molecule has 118 valence electrons. The van der Waals surface area contributed by atoms with Crippen molar-refractivity contribution in [3.63, 3.8) is 0 Å². The van der Waals surface area contributed by atoms with Gasteiger partial charge in [-0.05, 0) is 0 Å². The SMILES string of the molecule is Br.Br.CCc1ncc(C[n+]2csc(CCO)c2C)c(N)n1. The second-order valence-corrected chi connectivity index (χ2v) is 5.32. The molecule has 0 spiro atoms. The summed E-state index contributed by atoms with van der Waals surface area (Å²) in [4.78, 5) is 9.76. The number of aryl methyl sites for hydroxylation is 1. The number of hydrogen-bond acceptors (Lipinski definition) is 5. The highest BCUT2D eigenvalue weighted by atomic mass is 79.9. The molecule has 2 aromatic heterocycles. The fourth-order valence-corrected chi connectivity index (χ4v) is 2.87. The van der Waals surface area contributed by atoms with Crippen LogP contribution >= 0.6 is 45.3 Å². The molecular formula is C13H21Br2N4OS+. The van der Waals surface area contributed by atoms with Crippen LogP contribution in [0.1, 0.15) is 28.9 Å². The number of nitrogens with zero attached hydrogens (tertiary/aromatic N) is 3. The van der Waals surface area contributed by atoms with Crippen LogP contribution in [-0.4, -0.2) is 21.7 Å². The number of halogens is 2. The van der Waals surface area contributed by atoms with E-state index in [0.29, 0.717) is 18.8 Å². The predicted molar refractivity (Wildman–Crippen MR) is 95.6 cm³/mol. The quantitative estimate of drug-likeness (QED) is 0.697. The third kappa shape index (κ3) is 4.98. The van der Waals surface area contributed by atoms with Crippen molar-refractivity contribution < 1.29 is 9.67 Å². The Morgan fingerprint density at radius 1 is 1.38 bits per heavy atom. The van der Waals surface area contributed by atoms with E-state index in [1.165, 1.54) is 4.88 Å². The van der Waals surface area contributed by atoms with E-state index in [1.54, 1.807) is 17.5 Å². The molecule has 0 radical (unpaired) electrons. The highest BCUT2D eigenvalue weighted by molar-refractivity contribution is 8.93. The summed E-state index contributed by atoms with van der Waals surface area (Å²) in [5.41, 5.74) is 10.1. The number of nitrogens with two attached hydrogens (primary N) is 1. The Hall–Kier alpha value is -0.570. The second-order valence-electron chi connectivity index (χ2n) is 4.38. The average Bonchev–Trinajstić information content (AvgIpc) is 2.74. The van der Waals surface area contributed by atoms with Gasteiger partial charge in [-0.25, -0.2) is 9.97 Å². The number of aromatic nitrogens is 3. The predicted octanol–water partition coefficient (Wildman–Crippen LogP) is 2.02. The number of nitrogen functional groups attached to an aromatic ring is 1. The van der Waals surface area contributed by atoms with Gasteiger partial charge in [0, 0.05) is 32.6 Å². The number of rotatable bonds is 5. The van der Waals surface area contributed by atoms with Crippen molar-refractivity contribution >= 4 is 51.1 Å². The fraction of sp³-hybridized carbons (Fsp3) is 0.462. The molecule has 5 nitrogen and oxygen atoms in total. The lowest BCUT2D eigenvalue weighted by Crippen LogP contribution is -2.35. The summed E-state index contributed by atoms with van der Waals surface area (Å²) >= 11 is 1.65. The maximum atomic E-state index is 9.00.